The van der Waals surface area contributed by atoms with Gasteiger partial charge in [0.1, 0.15) is 0 Å². The molecule has 3 rings (SSSR count). The molecule has 4 nitrogen and oxygen atoms in total. The van der Waals surface area contributed by atoms with Crippen LogP contribution in [0.5, 0.6) is 0 Å². The summed E-state index contributed by atoms with van der Waals surface area (Å²) in [5.74, 6) is 0. The van der Waals surface area contributed by atoms with Crippen LogP contribution in [0.1, 0.15) is 28.5 Å². The van der Waals surface area contributed by atoms with Crippen LogP contribution in [-0.4, -0.2) is 29.2 Å². The van der Waals surface area contributed by atoms with E-state index in [1.165, 1.54) is 11.1 Å². The number of fused-ring (bicyclic) bond motifs is 1. The summed E-state index contributed by atoms with van der Waals surface area (Å²) < 4.78 is 0. The second kappa shape index (κ2) is 6.94. The lowest BCUT2D eigenvalue weighted by Gasteiger charge is -2.29. The van der Waals surface area contributed by atoms with E-state index < -0.39 is 0 Å². The van der Waals surface area contributed by atoms with E-state index in [1.807, 2.05) is 29.6 Å². The van der Waals surface area contributed by atoms with Crippen molar-refractivity contribution in [2.45, 2.75) is 25.4 Å². The minimum atomic E-state index is -0.107. The Bertz CT molecular complexity index is 627. The van der Waals surface area contributed by atoms with Gasteiger partial charge < -0.3 is 15.3 Å². The van der Waals surface area contributed by atoms with Crippen molar-refractivity contribution < 1.29 is 9.90 Å². The Labute approximate surface area is 134 Å². The molecule has 1 aliphatic carbocycles. The molecule has 0 fully saturated rings. The number of carbonyl (C=O) groups is 1. The lowest BCUT2D eigenvalue weighted by atomic mass is 10.1. The molecule has 1 aromatic carbocycles. The van der Waals surface area contributed by atoms with Crippen molar-refractivity contribution in [3.05, 3.63) is 57.8 Å². The number of nitrogens with zero attached hydrogens (tertiary/aromatic N) is 1. The zero-order valence-electron chi connectivity index (χ0n) is 12.4. The van der Waals surface area contributed by atoms with Crippen LogP contribution in [-0.2, 0) is 13.0 Å². The van der Waals surface area contributed by atoms with E-state index in [4.69, 9.17) is 0 Å². The number of aliphatic hydroxyl groups excluding tert-OH is 1. The molecule has 116 valence electrons. The van der Waals surface area contributed by atoms with Crippen LogP contribution in [0.3, 0.4) is 0 Å². The Balaban J connectivity index is 1.71. The molecular weight excluding hydrogens is 296 g/mol. The number of carbonyl (C=O) groups excluding carboxylic acids is 1. The third-order valence-corrected chi connectivity index (χ3v) is 4.95. The maximum atomic E-state index is 12.5. The van der Waals surface area contributed by atoms with Crippen LogP contribution in [0, 0.1) is 0 Å². The van der Waals surface area contributed by atoms with E-state index in [0.29, 0.717) is 13.1 Å². The van der Waals surface area contributed by atoms with Gasteiger partial charge in [0.15, 0.2) is 0 Å². The van der Waals surface area contributed by atoms with Gasteiger partial charge in [0.25, 0.3) is 0 Å². The fourth-order valence-corrected chi connectivity index (χ4v) is 3.69. The Morgan fingerprint density at radius 2 is 2.18 bits per heavy atom. The van der Waals surface area contributed by atoms with Crippen LogP contribution < -0.4 is 5.32 Å². The average Bonchev–Trinajstić information content (AvgIpc) is 3.20. The molecule has 0 saturated heterocycles. The molecule has 1 heterocycles. The summed E-state index contributed by atoms with van der Waals surface area (Å²) in [6.45, 7) is 0.868. The second-order valence-electron chi connectivity index (χ2n) is 5.41. The number of aryl methyl sites for hydroxylation is 1. The lowest BCUT2D eigenvalue weighted by Crippen LogP contribution is -2.42. The fourth-order valence-electron chi connectivity index (χ4n) is 3.04. The lowest BCUT2D eigenvalue weighted by molar-refractivity contribution is 0.151. The molecule has 0 radical (unpaired) electrons. The summed E-state index contributed by atoms with van der Waals surface area (Å²) in [7, 11) is 0. The van der Waals surface area contributed by atoms with Crippen molar-refractivity contribution >= 4 is 17.4 Å². The highest BCUT2D eigenvalue weighted by Crippen LogP contribution is 2.35. The second-order valence-corrected chi connectivity index (χ2v) is 6.44. The average molecular weight is 316 g/mol. The van der Waals surface area contributed by atoms with Gasteiger partial charge in [-0.25, -0.2) is 4.79 Å². The summed E-state index contributed by atoms with van der Waals surface area (Å²) >= 11 is 1.63. The molecule has 0 aliphatic heterocycles. The number of rotatable bonds is 5. The van der Waals surface area contributed by atoms with Crippen molar-refractivity contribution in [3.63, 3.8) is 0 Å². The topological polar surface area (TPSA) is 52.6 Å². The first-order chi connectivity index (χ1) is 10.8. The van der Waals surface area contributed by atoms with E-state index in [1.54, 1.807) is 16.2 Å². The Morgan fingerprint density at radius 1 is 1.32 bits per heavy atom. The van der Waals surface area contributed by atoms with E-state index in [0.717, 1.165) is 17.7 Å². The summed E-state index contributed by atoms with van der Waals surface area (Å²) in [5, 5.41) is 14.3. The van der Waals surface area contributed by atoms with Crippen molar-refractivity contribution in [1.29, 1.82) is 0 Å². The number of thiophene rings is 1. The number of amides is 2. The van der Waals surface area contributed by atoms with Gasteiger partial charge >= 0.3 is 6.03 Å². The zero-order valence-corrected chi connectivity index (χ0v) is 13.2. The first kappa shape index (κ1) is 15.1. The Morgan fingerprint density at radius 3 is 2.95 bits per heavy atom. The molecular formula is C17H20N2O2S. The molecule has 1 aromatic heterocycles. The molecule has 5 heteroatoms. The minimum absolute atomic E-state index is 0.0227. The van der Waals surface area contributed by atoms with Gasteiger partial charge in [0.2, 0.25) is 0 Å². The highest BCUT2D eigenvalue weighted by Gasteiger charge is 2.30. The van der Waals surface area contributed by atoms with Gasteiger partial charge in [0.05, 0.1) is 19.2 Å². The first-order valence-corrected chi connectivity index (χ1v) is 8.43. The van der Waals surface area contributed by atoms with E-state index in [-0.39, 0.29) is 18.7 Å². The number of hydrogen-bond donors (Lipinski definition) is 2. The molecule has 22 heavy (non-hydrogen) atoms. The molecule has 2 aromatic rings. The molecule has 1 aliphatic rings. The Hall–Kier alpha value is -1.85. The maximum absolute atomic E-state index is 12.5. The van der Waals surface area contributed by atoms with Gasteiger partial charge in [-0.2, -0.15) is 0 Å². The van der Waals surface area contributed by atoms with Crippen LogP contribution >= 0.6 is 11.3 Å². The summed E-state index contributed by atoms with van der Waals surface area (Å²) in [6.07, 6.45) is 1.91. The maximum Gasteiger partial charge on any atom is 0.318 e. The van der Waals surface area contributed by atoms with Gasteiger partial charge in [-0.05, 0) is 35.4 Å². The summed E-state index contributed by atoms with van der Waals surface area (Å²) in [5.41, 5.74) is 2.52. The van der Waals surface area contributed by atoms with Gasteiger partial charge in [-0.1, -0.05) is 30.3 Å². The summed E-state index contributed by atoms with van der Waals surface area (Å²) in [6, 6.07) is 12.2. The van der Waals surface area contributed by atoms with Crippen molar-refractivity contribution in [2.75, 3.05) is 13.2 Å². The Kier molecular flexibility index (Phi) is 4.75. The van der Waals surface area contributed by atoms with Crippen LogP contribution in [0.2, 0.25) is 0 Å². The van der Waals surface area contributed by atoms with Gasteiger partial charge in [-0.15, -0.1) is 11.3 Å². The third kappa shape index (κ3) is 3.15. The van der Waals surface area contributed by atoms with Gasteiger partial charge in [-0.3, -0.25) is 0 Å². The van der Waals surface area contributed by atoms with Gasteiger partial charge in [0, 0.05) is 11.4 Å². The standard InChI is InChI=1S/C17H20N2O2S/c20-10-9-19(17(21)18-12-14-5-3-11-22-14)16-8-7-13-4-1-2-6-15(13)16/h1-6,11,16,20H,7-10,12H2,(H,18,21). The van der Waals surface area contributed by atoms with E-state index in [9.17, 15) is 9.90 Å². The molecule has 1 unspecified atom stereocenters. The minimum Gasteiger partial charge on any atom is -0.395 e. The quantitative estimate of drug-likeness (QED) is 0.891. The van der Waals surface area contributed by atoms with Crippen molar-refractivity contribution in [1.82, 2.24) is 10.2 Å². The third-order valence-electron chi connectivity index (χ3n) is 4.07. The van der Waals surface area contributed by atoms with E-state index in [2.05, 4.69) is 17.4 Å². The number of urea groups is 1. The van der Waals surface area contributed by atoms with E-state index >= 15 is 0 Å². The SMILES string of the molecule is O=C(NCc1cccs1)N(CCO)C1CCc2ccccc21. The normalized spacial score (nSPS) is 16.3. The molecule has 0 saturated carbocycles. The molecule has 2 N–H and O–H groups in total. The number of nitrogens with one attached hydrogen (secondary N) is 1. The highest BCUT2D eigenvalue weighted by molar-refractivity contribution is 7.09. The van der Waals surface area contributed by atoms with Crippen LogP contribution in [0.25, 0.3) is 0 Å². The van der Waals surface area contributed by atoms with Crippen molar-refractivity contribution in [3.8, 4) is 0 Å². The number of aliphatic hydroxyl groups is 1. The molecule has 1 atom stereocenters. The predicted octanol–water partition coefficient (Wildman–Crippen LogP) is 2.94. The van der Waals surface area contributed by atoms with Crippen LogP contribution in [0.15, 0.2) is 41.8 Å². The molecule has 2 amide bonds. The highest BCUT2D eigenvalue weighted by atomic mass is 32.1. The predicted molar refractivity (Wildman–Crippen MR) is 87.9 cm³/mol. The largest absolute Gasteiger partial charge is 0.395 e. The number of hydrogen-bond acceptors (Lipinski definition) is 3. The smallest absolute Gasteiger partial charge is 0.318 e. The summed E-state index contributed by atoms with van der Waals surface area (Å²) in [4.78, 5) is 15.4. The fraction of sp³-hybridized carbons (Fsp3) is 0.353. The molecule has 0 bridgehead atoms. The monoisotopic (exact) mass is 316 g/mol. The number of benzene rings is 1. The van der Waals surface area contributed by atoms with Crippen molar-refractivity contribution in [2.24, 2.45) is 0 Å². The van der Waals surface area contributed by atoms with Crippen LogP contribution in [0.4, 0.5) is 4.79 Å². The zero-order chi connectivity index (χ0) is 15.4. The first-order valence-electron chi connectivity index (χ1n) is 7.55. The molecule has 0 spiro atoms.